The normalized spacial score (nSPS) is 17.7. The molecule has 7 nitrogen and oxygen atoms in total. The smallest absolute Gasteiger partial charge is 0.323 e. The monoisotopic (exact) mass is 642 g/mol. The second kappa shape index (κ2) is 22.8. The van der Waals surface area contributed by atoms with E-state index in [9.17, 15) is 9.59 Å². The molecule has 1 aliphatic rings. The summed E-state index contributed by atoms with van der Waals surface area (Å²) in [5.41, 5.74) is 5.11. The number of aryl methyl sites for hydroxylation is 1. The van der Waals surface area contributed by atoms with Crippen molar-refractivity contribution >= 4 is 23.7 Å². The molecule has 1 aromatic rings. The number of likely N-dealkylation sites (N-methyl/N-ethyl adjacent to an activating group) is 1. The average molecular weight is 642 g/mol. The molecule has 0 radical (unpaired) electrons. The summed E-state index contributed by atoms with van der Waals surface area (Å²) in [6.07, 6.45) is 8.06. The topological polar surface area (TPSA) is 80.2 Å². The highest BCUT2D eigenvalue weighted by Crippen LogP contribution is 2.25. The van der Waals surface area contributed by atoms with Gasteiger partial charge in [0.1, 0.15) is 17.9 Å². The fourth-order valence-electron chi connectivity index (χ4n) is 4.71. The first kappa shape index (κ1) is 43.4. The number of ether oxygens (including phenoxy) is 2. The van der Waals surface area contributed by atoms with Crippen LogP contribution in [0.25, 0.3) is 0 Å². The van der Waals surface area contributed by atoms with E-state index in [4.69, 9.17) is 14.5 Å². The molecule has 0 saturated carbocycles. The van der Waals surface area contributed by atoms with Crippen molar-refractivity contribution in [3.8, 4) is 0 Å². The molecule has 3 unspecified atom stereocenters. The van der Waals surface area contributed by atoms with Crippen molar-refractivity contribution in [3.05, 3.63) is 52.6 Å². The summed E-state index contributed by atoms with van der Waals surface area (Å²) < 4.78 is 11.1. The van der Waals surface area contributed by atoms with Crippen molar-refractivity contribution in [1.29, 1.82) is 0 Å². The van der Waals surface area contributed by atoms with Crippen LogP contribution in [0.3, 0.4) is 0 Å². The Bertz CT molecular complexity index is 1130. The number of carbonyl (C=O) groups excluding carboxylic acids is 2. The van der Waals surface area contributed by atoms with Gasteiger partial charge >= 0.3 is 5.97 Å². The van der Waals surface area contributed by atoms with Crippen LogP contribution in [0.4, 0.5) is 5.69 Å². The summed E-state index contributed by atoms with van der Waals surface area (Å²) in [4.78, 5) is 31.4. The van der Waals surface area contributed by atoms with Crippen LogP contribution in [0.2, 0.25) is 0 Å². The predicted molar refractivity (Wildman–Crippen MR) is 196 cm³/mol. The van der Waals surface area contributed by atoms with Gasteiger partial charge in [-0.15, -0.1) is 0 Å². The van der Waals surface area contributed by atoms with Gasteiger partial charge in [0.25, 0.3) is 0 Å². The molecule has 1 aromatic carbocycles. The molecule has 1 heterocycles. The average Bonchev–Trinajstić information content (AvgIpc) is 3.01. The van der Waals surface area contributed by atoms with Gasteiger partial charge in [-0.1, -0.05) is 66.7 Å². The summed E-state index contributed by atoms with van der Waals surface area (Å²) in [5, 5.41) is 3.41. The van der Waals surface area contributed by atoms with Gasteiger partial charge in [0, 0.05) is 19.6 Å². The number of carbonyl (C=O) groups is 2. The molecule has 0 bridgehead atoms. The molecule has 1 fully saturated rings. The lowest BCUT2D eigenvalue weighted by Gasteiger charge is -2.29. The number of aliphatic imine (C=N–C) groups is 1. The van der Waals surface area contributed by atoms with Crippen molar-refractivity contribution in [2.24, 2.45) is 16.8 Å². The van der Waals surface area contributed by atoms with E-state index in [0.29, 0.717) is 30.6 Å². The van der Waals surface area contributed by atoms with Gasteiger partial charge in [-0.25, -0.2) is 0 Å². The van der Waals surface area contributed by atoms with Gasteiger partial charge in [0.05, 0.1) is 24.1 Å². The van der Waals surface area contributed by atoms with Crippen LogP contribution >= 0.6 is 0 Å². The molecule has 1 saturated heterocycles. The molecule has 0 amide bonds. The van der Waals surface area contributed by atoms with Gasteiger partial charge < -0.3 is 19.7 Å². The number of nitrogens with zero attached hydrogens (tertiary/aromatic N) is 2. The Kier molecular flexibility index (Phi) is 21.5. The molecule has 1 N–H and O–H groups in total. The third-order valence-corrected chi connectivity index (χ3v) is 7.52. The van der Waals surface area contributed by atoms with E-state index in [0.717, 1.165) is 66.9 Å². The molecule has 0 aromatic heterocycles. The Morgan fingerprint density at radius 2 is 1.85 bits per heavy atom. The molecule has 7 heteroatoms. The van der Waals surface area contributed by atoms with E-state index >= 15 is 0 Å². The van der Waals surface area contributed by atoms with E-state index in [1.54, 1.807) is 6.92 Å². The molecule has 262 valence electrons. The first-order valence-corrected chi connectivity index (χ1v) is 17.4. The Labute approximate surface area is 282 Å². The minimum atomic E-state index is -0.521. The molecular formula is C39H67N3O4. The molecule has 1 aliphatic heterocycles. The quantitative estimate of drug-likeness (QED) is 0.0762. The number of hydrogen-bond donors (Lipinski definition) is 1. The maximum Gasteiger partial charge on any atom is 0.323 e. The van der Waals surface area contributed by atoms with Gasteiger partial charge in [-0.05, 0) is 114 Å². The lowest BCUT2D eigenvalue weighted by atomic mass is 9.94. The van der Waals surface area contributed by atoms with Crippen LogP contribution in [0.1, 0.15) is 113 Å². The Balaban J connectivity index is 0.00000155. The SMILES string of the molecule is C/C=C(\C=C(\C)C=O)C(=Nc1cc(CNC(CC(C)C)C(=O)OC(C)(C)C)ccc1C)C(C)CC.CC.CCC1CN(C)CCO1. The Hall–Kier alpha value is -2.61. The van der Waals surface area contributed by atoms with Gasteiger partial charge in [-0.2, -0.15) is 0 Å². The van der Waals surface area contributed by atoms with E-state index in [1.807, 2.05) is 60.6 Å². The minimum absolute atomic E-state index is 0.217. The molecule has 46 heavy (non-hydrogen) atoms. The van der Waals surface area contributed by atoms with Crippen LogP contribution < -0.4 is 5.32 Å². The van der Waals surface area contributed by atoms with Crippen LogP contribution in [-0.4, -0.2) is 67.4 Å². The zero-order chi connectivity index (χ0) is 35.4. The number of hydrogen-bond acceptors (Lipinski definition) is 7. The second-order valence-corrected chi connectivity index (χ2v) is 13.4. The standard InChI is InChI=1S/C30H46N2O3.C7H15NO.C2H6/c1-11-22(6)28(25(12-2)16-21(5)19-33)32-26-17-24(14-13-23(26)7)18-31-27(15-20(3)4)29(34)35-30(8,9)10;1-3-7-6-8(2)4-5-9-7;1-2/h12-14,16-17,19-20,22,27,31H,11,15,18H2,1-10H3;7H,3-6H2,1-2H3;1-2H3/b21-16-,25-12+,32-28?;;. The first-order chi connectivity index (χ1) is 21.6. The van der Waals surface area contributed by atoms with Crippen molar-refractivity contribution in [3.63, 3.8) is 0 Å². The minimum Gasteiger partial charge on any atom is -0.459 e. The van der Waals surface area contributed by atoms with E-state index in [-0.39, 0.29) is 17.9 Å². The van der Waals surface area contributed by atoms with E-state index in [2.05, 4.69) is 70.1 Å². The van der Waals surface area contributed by atoms with Gasteiger partial charge in [0.2, 0.25) is 0 Å². The highest BCUT2D eigenvalue weighted by atomic mass is 16.6. The van der Waals surface area contributed by atoms with Crippen LogP contribution in [0, 0.1) is 18.8 Å². The number of morpholine rings is 1. The first-order valence-electron chi connectivity index (χ1n) is 17.4. The van der Waals surface area contributed by atoms with E-state index < -0.39 is 5.60 Å². The fourth-order valence-corrected chi connectivity index (χ4v) is 4.71. The van der Waals surface area contributed by atoms with Crippen LogP contribution in [-0.2, 0) is 25.6 Å². The van der Waals surface area contributed by atoms with E-state index in [1.165, 1.54) is 0 Å². The molecule has 2 rings (SSSR count). The summed E-state index contributed by atoms with van der Waals surface area (Å²) in [6, 6.07) is 5.84. The maximum atomic E-state index is 12.8. The molecule has 0 aliphatic carbocycles. The third-order valence-electron chi connectivity index (χ3n) is 7.52. The fraction of sp³-hybridized carbons (Fsp3) is 0.667. The van der Waals surface area contributed by atoms with Crippen LogP contribution in [0.15, 0.2) is 46.5 Å². The molecule has 0 spiro atoms. The summed E-state index contributed by atoms with van der Waals surface area (Å²) in [5.74, 6) is 0.379. The number of esters is 1. The molecule has 3 atom stereocenters. The zero-order valence-electron chi connectivity index (χ0n) is 31.8. The number of rotatable bonds is 13. The van der Waals surface area contributed by atoms with Crippen molar-refractivity contribution in [1.82, 2.24) is 10.2 Å². The maximum absolute atomic E-state index is 12.8. The molecular weight excluding hydrogens is 574 g/mol. The largest absolute Gasteiger partial charge is 0.459 e. The second-order valence-electron chi connectivity index (χ2n) is 13.4. The van der Waals surface area contributed by atoms with Crippen molar-refractivity contribution in [2.45, 2.75) is 134 Å². The summed E-state index contributed by atoms with van der Waals surface area (Å²) in [6.45, 7) is 29.8. The lowest BCUT2D eigenvalue weighted by Crippen LogP contribution is -2.41. The van der Waals surface area contributed by atoms with Crippen molar-refractivity contribution in [2.75, 3.05) is 26.7 Å². The van der Waals surface area contributed by atoms with Crippen molar-refractivity contribution < 1.29 is 19.1 Å². The number of nitrogens with one attached hydrogen (secondary N) is 1. The Morgan fingerprint density at radius 1 is 1.20 bits per heavy atom. The third kappa shape index (κ3) is 17.3. The lowest BCUT2D eigenvalue weighted by molar-refractivity contribution is -0.158. The van der Waals surface area contributed by atoms with Gasteiger partial charge in [-0.3, -0.25) is 14.6 Å². The zero-order valence-corrected chi connectivity index (χ0v) is 31.8. The Morgan fingerprint density at radius 3 is 2.33 bits per heavy atom. The number of benzene rings is 1. The van der Waals surface area contributed by atoms with Crippen LogP contribution in [0.5, 0.6) is 0 Å². The van der Waals surface area contributed by atoms with Gasteiger partial charge in [0.15, 0.2) is 0 Å². The highest BCUT2D eigenvalue weighted by Gasteiger charge is 2.25. The number of allylic oxidation sites excluding steroid dienone is 4. The summed E-state index contributed by atoms with van der Waals surface area (Å²) in [7, 11) is 2.14. The summed E-state index contributed by atoms with van der Waals surface area (Å²) >= 11 is 0. The number of aldehydes is 1. The highest BCUT2D eigenvalue weighted by molar-refractivity contribution is 6.06. The predicted octanol–water partition coefficient (Wildman–Crippen LogP) is 8.80.